The van der Waals surface area contributed by atoms with Crippen LogP contribution in [0.15, 0.2) is 30.3 Å². The van der Waals surface area contributed by atoms with Crippen LogP contribution in [0.1, 0.15) is 33.7 Å². The van der Waals surface area contributed by atoms with E-state index in [1.165, 1.54) is 6.07 Å². The lowest BCUT2D eigenvalue weighted by molar-refractivity contribution is -0.130. The quantitative estimate of drug-likeness (QED) is 0.833. The van der Waals surface area contributed by atoms with Crippen molar-refractivity contribution < 1.29 is 14.0 Å². The highest BCUT2D eigenvalue weighted by Gasteiger charge is 2.25. The lowest BCUT2D eigenvalue weighted by Crippen LogP contribution is -2.38. The van der Waals surface area contributed by atoms with Crippen molar-refractivity contribution >= 4 is 11.8 Å². The maximum atomic E-state index is 13.8. The van der Waals surface area contributed by atoms with E-state index in [2.05, 4.69) is 0 Å². The van der Waals surface area contributed by atoms with Gasteiger partial charge in [0, 0.05) is 44.6 Å². The summed E-state index contributed by atoms with van der Waals surface area (Å²) in [6.45, 7) is 6.11. The Labute approximate surface area is 159 Å². The van der Waals surface area contributed by atoms with Crippen molar-refractivity contribution in [2.24, 2.45) is 7.05 Å². The maximum Gasteiger partial charge on any atom is 0.255 e. The van der Waals surface area contributed by atoms with E-state index in [0.717, 1.165) is 23.4 Å². The molecule has 1 fully saturated rings. The highest BCUT2D eigenvalue weighted by Crippen LogP contribution is 2.17. The summed E-state index contributed by atoms with van der Waals surface area (Å²) in [5.74, 6) is -0.437. The molecule has 1 aliphatic heterocycles. The van der Waals surface area contributed by atoms with Gasteiger partial charge in [0.05, 0.1) is 12.0 Å². The van der Waals surface area contributed by atoms with Gasteiger partial charge in [-0.05, 0) is 38.0 Å². The fourth-order valence-corrected chi connectivity index (χ4v) is 3.53. The van der Waals surface area contributed by atoms with Gasteiger partial charge in [0.25, 0.3) is 5.91 Å². The molecule has 0 unspecified atom stereocenters. The second kappa shape index (κ2) is 7.94. The first-order valence-electron chi connectivity index (χ1n) is 9.32. The van der Waals surface area contributed by atoms with E-state index in [0.29, 0.717) is 31.7 Å². The van der Waals surface area contributed by atoms with Crippen molar-refractivity contribution in [2.45, 2.75) is 26.7 Å². The zero-order valence-corrected chi connectivity index (χ0v) is 16.2. The molecule has 1 aliphatic rings. The van der Waals surface area contributed by atoms with Crippen molar-refractivity contribution in [3.8, 4) is 0 Å². The molecule has 0 radical (unpaired) electrons. The minimum Gasteiger partial charge on any atom is -0.351 e. The minimum atomic E-state index is -0.354. The first-order valence-corrected chi connectivity index (χ1v) is 9.32. The van der Waals surface area contributed by atoms with Crippen molar-refractivity contribution in [2.75, 3.05) is 26.2 Å². The lowest BCUT2D eigenvalue weighted by Gasteiger charge is -2.22. The molecule has 1 saturated heterocycles. The number of aromatic nitrogens is 1. The summed E-state index contributed by atoms with van der Waals surface area (Å²) in [4.78, 5) is 29.0. The summed E-state index contributed by atoms with van der Waals surface area (Å²) < 4.78 is 15.8. The summed E-state index contributed by atoms with van der Waals surface area (Å²) in [5.41, 5.74) is 3.14. The summed E-state index contributed by atoms with van der Waals surface area (Å²) in [6.07, 6.45) is 0.775. The summed E-state index contributed by atoms with van der Waals surface area (Å²) in [6, 6.07) is 8.28. The van der Waals surface area contributed by atoms with E-state index in [4.69, 9.17) is 0 Å². The number of hydrogen-bond acceptors (Lipinski definition) is 2. The average Bonchev–Trinajstić information content (AvgIpc) is 2.85. The number of nitrogens with zero attached hydrogens (tertiary/aromatic N) is 3. The second-order valence-electron chi connectivity index (χ2n) is 7.14. The largest absolute Gasteiger partial charge is 0.351 e. The smallest absolute Gasteiger partial charge is 0.255 e. The number of carbonyl (C=O) groups excluding carboxylic acids is 2. The van der Waals surface area contributed by atoms with E-state index in [1.807, 2.05) is 36.4 Å². The number of amides is 2. The van der Waals surface area contributed by atoms with Crippen LogP contribution >= 0.6 is 0 Å². The van der Waals surface area contributed by atoms with Crippen molar-refractivity contribution in [1.82, 2.24) is 14.4 Å². The monoisotopic (exact) mass is 371 g/mol. The number of halogens is 1. The van der Waals surface area contributed by atoms with Gasteiger partial charge in [-0.15, -0.1) is 0 Å². The van der Waals surface area contributed by atoms with E-state index in [-0.39, 0.29) is 24.1 Å². The third-order valence-corrected chi connectivity index (χ3v) is 5.44. The van der Waals surface area contributed by atoms with Gasteiger partial charge in [-0.2, -0.15) is 0 Å². The van der Waals surface area contributed by atoms with Gasteiger partial charge in [-0.3, -0.25) is 9.59 Å². The molecule has 0 aliphatic carbocycles. The predicted molar refractivity (Wildman–Crippen MR) is 102 cm³/mol. The van der Waals surface area contributed by atoms with Crippen LogP contribution in [-0.4, -0.2) is 52.4 Å². The Morgan fingerprint density at radius 1 is 1.04 bits per heavy atom. The van der Waals surface area contributed by atoms with E-state index in [9.17, 15) is 14.0 Å². The Hall–Kier alpha value is -2.63. The molecular weight excluding hydrogens is 345 g/mol. The molecule has 2 amide bonds. The summed E-state index contributed by atoms with van der Waals surface area (Å²) >= 11 is 0. The molecule has 0 atom stereocenters. The fraction of sp³-hybridized carbons (Fsp3) is 0.429. The van der Waals surface area contributed by atoms with Gasteiger partial charge in [0.15, 0.2) is 0 Å². The molecule has 1 aromatic carbocycles. The first kappa shape index (κ1) is 19.1. The molecule has 0 bridgehead atoms. The molecular formula is C21H26FN3O2. The van der Waals surface area contributed by atoms with Crippen LogP contribution in [-0.2, 0) is 18.3 Å². The lowest BCUT2D eigenvalue weighted by atomic mass is 10.1. The van der Waals surface area contributed by atoms with Gasteiger partial charge in [-0.25, -0.2) is 4.39 Å². The Bertz CT molecular complexity index is 859. The van der Waals surface area contributed by atoms with Gasteiger partial charge in [0.1, 0.15) is 5.82 Å². The van der Waals surface area contributed by atoms with E-state index >= 15 is 0 Å². The number of carbonyl (C=O) groups is 2. The third kappa shape index (κ3) is 4.04. The van der Waals surface area contributed by atoms with Gasteiger partial charge >= 0.3 is 0 Å². The van der Waals surface area contributed by atoms with Crippen LogP contribution in [0.25, 0.3) is 0 Å². The number of aryl methyl sites for hydroxylation is 1. The normalized spacial score (nSPS) is 15.0. The van der Waals surface area contributed by atoms with E-state index < -0.39 is 0 Å². The molecule has 3 rings (SSSR count). The van der Waals surface area contributed by atoms with Crippen LogP contribution in [0.5, 0.6) is 0 Å². The van der Waals surface area contributed by atoms with Crippen molar-refractivity contribution in [3.05, 3.63) is 58.7 Å². The van der Waals surface area contributed by atoms with Crippen LogP contribution < -0.4 is 0 Å². The van der Waals surface area contributed by atoms with Crippen LogP contribution in [0, 0.1) is 19.7 Å². The SMILES string of the molecule is Cc1cc(C(=O)N2CCCN(C(=O)Cc3ccccc3F)CC2)c(C)n1C. The molecule has 2 aromatic rings. The number of hydrogen-bond donors (Lipinski definition) is 0. The van der Waals surface area contributed by atoms with E-state index in [1.54, 1.807) is 23.1 Å². The Balaban J connectivity index is 1.65. The fourth-order valence-electron chi connectivity index (χ4n) is 3.53. The molecule has 2 heterocycles. The van der Waals surface area contributed by atoms with Gasteiger partial charge < -0.3 is 14.4 Å². The molecule has 0 N–H and O–H groups in total. The molecule has 6 heteroatoms. The molecule has 27 heavy (non-hydrogen) atoms. The zero-order valence-electron chi connectivity index (χ0n) is 16.2. The topological polar surface area (TPSA) is 45.6 Å². The molecule has 5 nitrogen and oxygen atoms in total. The maximum absolute atomic E-state index is 13.8. The third-order valence-electron chi connectivity index (χ3n) is 5.44. The summed E-state index contributed by atoms with van der Waals surface area (Å²) in [7, 11) is 1.95. The number of rotatable bonds is 3. The Morgan fingerprint density at radius 3 is 2.37 bits per heavy atom. The number of benzene rings is 1. The molecule has 0 spiro atoms. The van der Waals surface area contributed by atoms with Gasteiger partial charge in [0.2, 0.25) is 5.91 Å². The highest BCUT2D eigenvalue weighted by molar-refractivity contribution is 5.95. The van der Waals surface area contributed by atoms with Gasteiger partial charge in [-0.1, -0.05) is 18.2 Å². The predicted octanol–water partition coefficient (Wildman–Crippen LogP) is 2.70. The molecule has 0 saturated carbocycles. The summed E-state index contributed by atoms with van der Waals surface area (Å²) in [5, 5.41) is 0. The standard InChI is InChI=1S/C21H26FN3O2/c1-15-13-18(16(2)23(15)3)21(27)25-10-6-9-24(11-12-25)20(26)14-17-7-4-5-8-19(17)22/h4-5,7-8,13H,6,9-12,14H2,1-3H3. The van der Waals surface area contributed by atoms with Crippen molar-refractivity contribution in [3.63, 3.8) is 0 Å². The zero-order chi connectivity index (χ0) is 19.6. The van der Waals surface area contributed by atoms with Crippen LogP contribution in [0.4, 0.5) is 4.39 Å². The highest BCUT2D eigenvalue weighted by atomic mass is 19.1. The second-order valence-corrected chi connectivity index (χ2v) is 7.14. The molecule has 1 aromatic heterocycles. The van der Waals surface area contributed by atoms with Crippen LogP contribution in [0.3, 0.4) is 0 Å². The van der Waals surface area contributed by atoms with Crippen molar-refractivity contribution in [1.29, 1.82) is 0 Å². The minimum absolute atomic E-state index is 0.0135. The Kier molecular flexibility index (Phi) is 5.63. The first-order chi connectivity index (χ1) is 12.9. The average molecular weight is 371 g/mol. The molecule has 144 valence electrons. The van der Waals surface area contributed by atoms with Crippen LogP contribution in [0.2, 0.25) is 0 Å². The Morgan fingerprint density at radius 2 is 1.70 bits per heavy atom.